The molecule has 1 aliphatic rings. The molecule has 35 heavy (non-hydrogen) atoms. The Bertz CT molecular complexity index is 1350. The Kier molecular flexibility index (Phi) is 7.97. The maximum Gasteiger partial charge on any atom is 0.267 e. The van der Waals surface area contributed by atoms with E-state index in [0.29, 0.717) is 40.4 Å². The minimum atomic E-state index is -0.290. The predicted octanol–water partition coefficient (Wildman–Crippen LogP) is 3.13. The van der Waals surface area contributed by atoms with Crippen molar-refractivity contribution in [3.05, 3.63) is 80.1 Å². The minimum absolute atomic E-state index is 0.0649. The van der Waals surface area contributed by atoms with Crippen molar-refractivity contribution in [1.29, 1.82) is 0 Å². The summed E-state index contributed by atoms with van der Waals surface area (Å²) >= 11 is 6.65. The highest BCUT2D eigenvalue weighted by Gasteiger charge is 2.32. The summed E-state index contributed by atoms with van der Waals surface area (Å²) < 4.78 is 7.22. The van der Waals surface area contributed by atoms with E-state index in [-0.39, 0.29) is 30.2 Å². The maximum absolute atomic E-state index is 13.4. The molecular weight excluding hydrogens is 484 g/mol. The second-order valence-electron chi connectivity index (χ2n) is 8.13. The van der Waals surface area contributed by atoms with Crippen LogP contribution in [0.5, 0.6) is 0 Å². The third-order valence-corrected chi connectivity index (χ3v) is 6.77. The number of aromatic nitrogens is 2. The Morgan fingerprint density at radius 2 is 1.86 bits per heavy atom. The third-order valence-electron chi connectivity index (χ3n) is 5.39. The minimum Gasteiger partial charge on any atom is -0.394 e. The molecule has 0 unspecified atom stereocenters. The van der Waals surface area contributed by atoms with Crippen LogP contribution in [0.4, 0.5) is 5.82 Å². The van der Waals surface area contributed by atoms with E-state index in [1.54, 1.807) is 23.2 Å². The van der Waals surface area contributed by atoms with Crippen LogP contribution in [-0.4, -0.2) is 56.0 Å². The highest BCUT2D eigenvalue weighted by Crippen LogP contribution is 2.34. The van der Waals surface area contributed by atoms with Crippen LogP contribution in [0.3, 0.4) is 0 Å². The van der Waals surface area contributed by atoms with Crippen molar-refractivity contribution in [3.63, 3.8) is 0 Å². The average Bonchev–Trinajstić information content (AvgIpc) is 3.10. The molecule has 0 aliphatic carbocycles. The SMILES string of the molecule is Cc1ccc(CN2C(=O)/C(=C\c3c(NCCOCCO)nc4ccc(C)cn4c3=O)SC2=S)cc1. The lowest BCUT2D eigenvalue weighted by Gasteiger charge is -2.14. The van der Waals surface area contributed by atoms with Crippen molar-refractivity contribution in [2.24, 2.45) is 0 Å². The van der Waals surface area contributed by atoms with E-state index in [4.69, 9.17) is 22.1 Å². The van der Waals surface area contributed by atoms with Crippen molar-refractivity contribution >= 4 is 51.7 Å². The van der Waals surface area contributed by atoms with E-state index < -0.39 is 0 Å². The Balaban J connectivity index is 1.67. The van der Waals surface area contributed by atoms with Crippen molar-refractivity contribution in [1.82, 2.24) is 14.3 Å². The average molecular weight is 511 g/mol. The lowest BCUT2D eigenvalue weighted by Crippen LogP contribution is -2.27. The van der Waals surface area contributed by atoms with Gasteiger partial charge in [-0.2, -0.15) is 0 Å². The monoisotopic (exact) mass is 510 g/mol. The van der Waals surface area contributed by atoms with E-state index in [9.17, 15) is 9.59 Å². The van der Waals surface area contributed by atoms with Crippen molar-refractivity contribution < 1.29 is 14.6 Å². The summed E-state index contributed by atoms with van der Waals surface area (Å²) in [6.07, 6.45) is 3.29. The Morgan fingerprint density at radius 1 is 1.11 bits per heavy atom. The van der Waals surface area contributed by atoms with Crippen LogP contribution in [0.1, 0.15) is 22.3 Å². The normalized spacial score (nSPS) is 14.9. The summed E-state index contributed by atoms with van der Waals surface area (Å²) in [5, 5.41) is 12.0. The first-order chi connectivity index (χ1) is 16.9. The molecule has 2 N–H and O–H groups in total. The number of nitrogens with one attached hydrogen (secondary N) is 1. The van der Waals surface area contributed by atoms with Crippen molar-refractivity contribution in [2.75, 3.05) is 31.7 Å². The maximum atomic E-state index is 13.4. The molecule has 0 radical (unpaired) electrons. The van der Waals surface area contributed by atoms with Crippen LogP contribution in [0.15, 0.2) is 52.3 Å². The number of carbonyl (C=O) groups excluding carboxylic acids is 1. The Labute approximate surface area is 212 Å². The smallest absolute Gasteiger partial charge is 0.267 e. The van der Waals surface area contributed by atoms with Gasteiger partial charge in [0.05, 0.1) is 36.8 Å². The fraction of sp³-hybridized carbons (Fsp3) is 0.280. The van der Waals surface area contributed by atoms with Gasteiger partial charge in [0.25, 0.3) is 11.5 Å². The summed E-state index contributed by atoms with van der Waals surface area (Å²) in [6, 6.07) is 11.6. The number of thioether (sulfide) groups is 1. The lowest BCUT2D eigenvalue weighted by molar-refractivity contribution is -0.122. The standard InChI is InChI=1S/C25H26N4O4S2/c1-16-3-6-18(7-4-16)15-29-24(32)20(35-25(29)34)13-19-22(26-9-11-33-12-10-30)27-21-8-5-17(2)14-28(21)23(19)31/h3-8,13-14,26,30H,9-12,15H2,1-2H3/b20-13+. The number of rotatable bonds is 9. The number of pyridine rings is 1. The first-order valence-electron chi connectivity index (χ1n) is 11.1. The quantitative estimate of drug-likeness (QED) is 0.258. The summed E-state index contributed by atoms with van der Waals surface area (Å²) in [4.78, 5) is 33.2. The number of aliphatic hydroxyl groups is 1. The van der Waals surface area contributed by atoms with Crippen molar-refractivity contribution in [2.45, 2.75) is 20.4 Å². The molecule has 8 nitrogen and oxygen atoms in total. The van der Waals surface area contributed by atoms with Gasteiger partial charge in [-0.1, -0.05) is 59.9 Å². The van der Waals surface area contributed by atoms with Gasteiger partial charge in [0.2, 0.25) is 0 Å². The van der Waals surface area contributed by atoms with Gasteiger partial charge in [-0.15, -0.1) is 0 Å². The molecule has 1 fully saturated rings. The first-order valence-corrected chi connectivity index (χ1v) is 12.4. The largest absolute Gasteiger partial charge is 0.394 e. The molecule has 182 valence electrons. The lowest BCUT2D eigenvalue weighted by atomic mass is 10.1. The van der Waals surface area contributed by atoms with E-state index >= 15 is 0 Å². The molecule has 0 atom stereocenters. The number of ether oxygens (including phenoxy) is 1. The number of carbonyl (C=O) groups is 1. The van der Waals surface area contributed by atoms with Gasteiger partial charge in [-0.3, -0.25) is 18.9 Å². The molecule has 2 aromatic heterocycles. The van der Waals surface area contributed by atoms with Crippen LogP contribution in [0.25, 0.3) is 11.7 Å². The fourth-order valence-electron chi connectivity index (χ4n) is 3.58. The van der Waals surface area contributed by atoms with Gasteiger partial charge in [0.15, 0.2) is 0 Å². The van der Waals surface area contributed by atoms with Crippen LogP contribution in [-0.2, 0) is 16.1 Å². The fourth-order valence-corrected chi connectivity index (χ4v) is 4.81. The second kappa shape index (κ2) is 11.1. The molecule has 3 heterocycles. The number of thiocarbonyl (C=S) groups is 1. The number of aryl methyl sites for hydroxylation is 2. The Hall–Kier alpha value is -3.05. The number of amides is 1. The number of hydrogen-bond acceptors (Lipinski definition) is 8. The van der Waals surface area contributed by atoms with Crippen LogP contribution >= 0.6 is 24.0 Å². The summed E-state index contributed by atoms with van der Waals surface area (Å²) in [5.74, 6) is 0.113. The number of hydrogen-bond donors (Lipinski definition) is 2. The van der Waals surface area contributed by atoms with Gasteiger partial charge in [-0.25, -0.2) is 4.98 Å². The predicted molar refractivity (Wildman–Crippen MR) is 142 cm³/mol. The molecule has 10 heteroatoms. The number of fused-ring (bicyclic) bond motifs is 1. The zero-order valence-electron chi connectivity index (χ0n) is 19.5. The van der Waals surface area contributed by atoms with E-state index in [1.807, 2.05) is 44.2 Å². The van der Waals surface area contributed by atoms with E-state index in [2.05, 4.69) is 10.3 Å². The number of benzene rings is 1. The highest BCUT2D eigenvalue weighted by molar-refractivity contribution is 8.26. The molecule has 1 amide bonds. The molecular formula is C25H26N4O4S2. The first kappa shape index (κ1) is 25.1. The van der Waals surface area contributed by atoms with Gasteiger partial charge in [-0.05, 0) is 37.1 Å². The van der Waals surface area contributed by atoms with Crippen molar-refractivity contribution in [3.8, 4) is 0 Å². The zero-order valence-corrected chi connectivity index (χ0v) is 21.1. The highest BCUT2D eigenvalue weighted by atomic mass is 32.2. The van der Waals surface area contributed by atoms with E-state index in [0.717, 1.165) is 16.7 Å². The van der Waals surface area contributed by atoms with Gasteiger partial charge < -0.3 is 15.2 Å². The molecule has 3 aromatic rings. The molecule has 0 bridgehead atoms. The summed E-state index contributed by atoms with van der Waals surface area (Å²) in [7, 11) is 0. The van der Waals surface area contributed by atoms with E-state index in [1.165, 1.54) is 16.2 Å². The molecule has 1 saturated heterocycles. The van der Waals surface area contributed by atoms with Crippen LogP contribution in [0.2, 0.25) is 0 Å². The summed E-state index contributed by atoms with van der Waals surface area (Å²) in [5.41, 5.74) is 3.49. The van der Waals surface area contributed by atoms with Gasteiger partial charge in [0, 0.05) is 12.7 Å². The van der Waals surface area contributed by atoms with Gasteiger partial charge in [0.1, 0.15) is 15.8 Å². The van der Waals surface area contributed by atoms with Gasteiger partial charge >= 0.3 is 0 Å². The molecule has 1 aromatic carbocycles. The van der Waals surface area contributed by atoms with Crippen LogP contribution < -0.4 is 10.9 Å². The molecule has 0 spiro atoms. The summed E-state index contributed by atoms with van der Waals surface area (Å²) in [6.45, 7) is 5.14. The number of nitrogens with zero attached hydrogens (tertiary/aromatic N) is 3. The topological polar surface area (TPSA) is 96.2 Å². The number of aliphatic hydroxyl groups excluding tert-OH is 1. The molecule has 0 saturated carbocycles. The molecule has 4 rings (SSSR count). The third kappa shape index (κ3) is 5.79. The zero-order chi connectivity index (χ0) is 24.9. The second-order valence-corrected chi connectivity index (χ2v) is 9.81. The number of anilines is 1. The molecule has 1 aliphatic heterocycles. The Morgan fingerprint density at radius 3 is 2.60 bits per heavy atom. The van der Waals surface area contributed by atoms with Crippen LogP contribution in [0, 0.1) is 13.8 Å².